The fourth-order valence-corrected chi connectivity index (χ4v) is 3.48. The van der Waals surface area contributed by atoms with Gasteiger partial charge in [0.05, 0.1) is 31.0 Å². The summed E-state index contributed by atoms with van der Waals surface area (Å²) in [4.78, 5) is 24.1. The van der Waals surface area contributed by atoms with Crippen LogP contribution < -0.4 is 15.5 Å². The molecule has 13 heteroatoms. The number of alkyl halides is 3. The van der Waals surface area contributed by atoms with Crippen LogP contribution in [0.25, 0.3) is 11.4 Å². The smallest absolute Gasteiger partial charge is 0.378 e. The Hall–Kier alpha value is -2.80. The summed E-state index contributed by atoms with van der Waals surface area (Å²) < 4.78 is 52.1. The second kappa shape index (κ2) is 8.04. The first-order valence-electron chi connectivity index (χ1n) is 9.80. The van der Waals surface area contributed by atoms with Crippen LogP contribution in [0.5, 0.6) is 0 Å². The fourth-order valence-electron chi connectivity index (χ4n) is 3.48. The van der Waals surface area contributed by atoms with E-state index in [0.717, 1.165) is 6.20 Å². The first-order valence-corrected chi connectivity index (χ1v) is 9.80. The molecular formula is C18H23F3N8O2. The summed E-state index contributed by atoms with van der Waals surface area (Å²) in [5.41, 5.74) is 3.41. The molecule has 4 heterocycles. The lowest BCUT2D eigenvalue weighted by Crippen LogP contribution is -2.49. The van der Waals surface area contributed by atoms with Gasteiger partial charge in [-0.25, -0.2) is 9.97 Å². The SMILES string of the molecule is CC1(C)CN(c2nc(-c3cnc(N)nc3C(F)(F)F)nc(N3CCOCC3)n2)CCO1. The predicted molar refractivity (Wildman–Crippen MR) is 106 cm³/mol. The molecule has 0 bridgehead atoms. The van der Waals surface area contributed by atoms with Gasteiger partial charge in [-0.2, -0.15) is 28.1 Å². The van der Waals surface area contributed by atoms with Crippen molar-refractivity contribution >= 4 is 17.8 Å². The van der Waals surface area contributed by atoms with Crippen molar-refractivity contribution in [3.63, 3.8) is 0 Å². The Balaban J connectivity index is 1.83. The fraction of sp³-hybridized carbons (Fsp3) is 0.611. The van der Waals surface area contributed by atoms with Crippen molar-refractivity contribution in [1.29, 1.82) is 0 Å². The first kappa shape index (κ1) is 21.4. The van der Waals surface area contributed by atoms with E-state index in [1.165, 1.54) is 0 Å². The summed E-state index contributed by atoms with van der Waals surface area (Å²) in [6, 6.07) is 0. The van der Waals surface area contributed by atoms with Gasteiger partial charge >= 0.3 is 6.18 Å². The highest BCUT2D eigenvalue weighted by Gasteiger charge is 2.38. The summed E-state index contributed by atoms with van der Waals surface area (Å²) in [7, 11) is 0. The summed E-state index contributed by atoms with van der Waals surface area (Å²) in [6.07, 6.45) is -3.75. The predicted octanol–water partition coefficient (Wildman–Crippen LogP) is 1.38. The Morgan fingerprint density at radius 3 is 2.26 bits per heavy atom. The molecule has 0 atom stereocenters. The Morgan fingerprint density at radius 2 is 1.61 bits per heavy atom. The van der Waals surface area contributed by atoms with Gasteiger partial charge in [0.25, 0.3) is 0 Å². The molecule has 31 heavy (non-hydrogen) atoms. The van der Waals surface area contributed by atoms with Crippen LogP contribution in [0.1, 0.15) is 19.5 Å². The third-order valence-corrected chi connectivity index (χ3v) is 4.93. The Kier molecular flexibility index (Phi) is 5.56. The van der Waals surface area contributed by atoms with Gasteiger partial charge in [-0.1, -0.05) is 0 Å². The molecule has 0 unspecified atom stereocenters. The average Bonchev–Trinajstić information content (AvgIpc) is 2.72. The second-order valence-corrected chi connectivity index (χ2v) is 7.88. The number of anilines is 3. The van der Waals surface area contributed by atoms with Gasteiger partial charge in [0, 0.05) is 32.4 Å². The third kappa shape index (κ3) is 4.77. The van der Waals surface area contributed by atoms with Crippen LogP contribution in [0.15, 0.2) is 6.20 Å². The highest BCUT2D eigenvalue weighted by molar-refractivity contribution is 5.62. The van der Waals surface area contributed by atoms with Gasteiger partial charge < -0.3 is 25.0 Å². The maximum absolute atomic E-state index is 13.7. The van der Waals surface area contributed by atoms with E-state index in [-0.39, 0.29) is 23.3 Å². The van der Waals surface area contributed by atoms with Crippen LogP contribution in [0.3, 0.4) is 0 Å². The van der Waals surface area contributed by atoms with Gasteiger partial charge in [-0.3, -0.25) is 0 Å². The zero-order valence-corrected chi connectivity index (χ0v) is 17.2. The summed E-state index contributed by atoms with van der Waals surface area (Å²) in [5.74, 6) is -0.0952. The minimum absolute atomic E-state index is 0.164. The van der Waals surface area contributed by atoms with Crippen molar-refractivity contribution in [2.45, 2.75) is 25.6 Å². The van der Waals surface area contributed by atoms with Crippen molar-refractivity contribution in [3.05, 3.63) is 11.9 Å². The molecule has 168 valence electrons. The molecule has 0 aromatic carbocycles. The van der Waals surface area contributed by atoms with Crippen molar-refractivity contribution < 1.29 is 22.6 Å². The highest BCUT2D eigenvalue weighted by Crippen LogP contribution is 2.35. The van der Waals surface area contributed by atoms with E-state index < -0.39 is 23.4 Å². The monoisotopic (exact) mass is 440 g/mol. The molecule has 2 aliphatic heterocycles. The van der Waals surface area contributed by atoms with Gasteiger partial charge in [0.2, 0.25) is 17.8 Å². The average molecular weight is 440 g/mol. The second-order valence-electron chi connectivity index (χ2n) is 7.88. The van der Waals surface area contributed by atoms with Crippen molar-refractivity contribution in [3.8, 4) is 11.4 Å². The van der Waals surface area contributed by atoms with E-state index in [9.17, 15) is 13.2 Å². The zero-order valence-electron chi connectivity index (χ0n) is 17.2. The van der Waals surface area contributed by atoms with Crippen LogP contribution in [-0.4, -0.2) is 76.5 Å². The summed E-state index contributed by atoms with van der Waals surface area (Å²) in [5, 5.41) is 0. The van der Waals surface area contributed by atoms with Crippen molar-refractivity contribution in [2.75, 3.05) is 61.5 Å². The third-order valence-electron chi connectivity index (χ3n) is 4.93. The molecule has 0 saturated carbocycles. The van der Waals surface area contributed by atoms with E-state index in [2.05, 4.69) is 24.9 Å². The number of rotatable bonds is 3. The number of nitrogen functional groups attached to an aromatic ring is 1. The lowest BCUT2D eigenvalue weighted by atomic mass is 10.1. The Labute approximate surface area is 176 Å². The number of nitrogens with two attached hydrogens (primary N) is 1. The Bertz CT molecular complexity index is 950. The summed E-state index contributed by atoms with van der Waals surface area (Å²) in [6.45, 7) is 7.26. The summed E-state index contributed by atoms with van der Waals surface area (Å²) >= 11 is 0. The minimum atomic E-state index is -4.75. The Morgan fingerprint density at radius 1 is 0.968 bits per heavy atom. The number of halogens is 3. The minimum Gasteiger partial charge on any atom is -0.378 e. The molecule has 10 nitrogen and oxygen atoms in total. The first-order chi connectivity index (χ1) is 14.6. The van der Waals surface area contributed by atoms with Crippen LogP contribution in [-0.2, 0) is 15.7 Å². The molecule has 2 fully saturated rings. The molecule has 2 aromatic rings. The molecule has 0 radical (unpaired) electrons. The molecule has 2 saturated heterocycles. The number of hydrogen-bond acceptors (Lipinski definition) is 10. The molecule has 0 spiro atoms. The van der Waals surface area contributed by atoms with E-state index >= 15 is 0 Å². The molecular weight excluding hydrogens is 417 g/mol. The maximum atomic E-state index is 13.7. The number of morpholine rings is 2. The topological polar surface area (TPSA) is 115 Å². The van der Waals surface area contributed by atoms with Crippen molar-refractivity contribution in [1.82, 2.24) is 24.9 Å². The molecule has 2 aliphatic rings. The van der Waals surface area contributed by atoms with Crippen LogP contribution in [0, 0.1) is 0 Å². The molecule has 2 N–H and O–H groups in total. The van der Waals surface area contributed by atoms with Gasteiger partial charge in [0.15, 0.2) is 11.5 Å². The lowest BCUT2D eigenvalue weighted by molar-refractivity contribution is -0.140. The van der Waals surface area contributed by atoms with Gasteiger partial charge in [-0.05, 0) is 13.8 Å². The number of nitrogens with zero attached hydrogens (tertiary/aromatic N) is 7. The molecule has 4 rings (SSSR count). The zero-order chi connectivity index (χ0) is 22.2. The molecule has 0 aliphatic carbocycles. The molecule has 0 amide bonds. The number of hydrogen-bond donors (Lipinski definition) is 1. The lowest BCUT2D eigenvalue weighted by Gasteiger charge is -2.38. The quantitative estimate of drug-likeness (QED) is 0.750. The largest absolute Gasteiger partial charge is 0.434 e. The van der Waals surface area contributed by atoms with Crippen LogP contribution >= 0.6 is 0 Å². The van der Waals surface area contributed by atoms with Crippen LogP contribution in [0.2, 0.25) is 0 Å². The number of ether oxygens (including phenoxy) is 2. The highest BCUT2D eigenvalue weighted by atomic mass is 19.4. The number of aromatic nitrogens is 5. The standard InChI is InChI=1S/C18H23F3N8O2/c1-17(2)10-29(5-8-31-17)16-26-13(25-15(27-16)28-3-6-30-7-4-28)11-9-23-14(22)24-12(11)18(19,20)21/h9H,3-8,10H2,1-2H3,(H2,22,23,24). The molecule has 2 aromatic heterocycles. The van der Waals surface area contributed by atoms with Gasteiger partial charge in [0.1, 0.15) is 0 Å². The van der Waals surface area contributed by atoms with E-state index in [0.29, 0.717) is 46.0 Å². The van der Waals surface area contributed by atoms with E-state index in [4.69, 9.17) is 15.2 Å². The maximum Gasteiger partial charge on any atom is 0.434 e. The van der Waals surface area contributed by atoms with E-state index in [1.54, 1.807) is 0 Å². The van der Waals surface area contributed by atoms with Crippen LogP contribution in [0.4, 0.5) is 31.0 Å². The van der Waals surface area contributed by atoms with E-state index in [1.807, 2.05) is 23.6 Å². The van der Waals surface area contributed by atoms with Crippen molar-refractivity contribution in [2.24, 2.45) is 0 Å². The normalized spacial score (nSPS) is 19.5. The van der Waals surface area contributed by atoms with Gasteiger partial charge in [-0.15, -0.1) is 0 Å².